The molecule has 142 valence electrons. The van der Waals surface area contributed by atoms with E-state index < -0.39 is 0 Å². The molecule has 1 aromatic carbocycles. The zero-order valence-corrected chi connectivity index (χ0v) is 16.9. The molecule has 0 spiro atoms. The van der Waals surface area contributed by atoms with Crippen LogP contribution >= 0.6 is 11.3 Å². The van der Waals surface area contributed by atoms with E-state index >= 15 is 0 Å². The third-order valence-electron chi connectivity index (χ3n) is 3.88. The number of aromatic nitrogens is 1. The van der Waals surface area contributed by atoms with Gasteiger partial charge in [0.15, 0.2) is 5.96 Å². The molecule has 0 radical (unpaired) electrons. The van der Waals surface area contributed by atoms with Gasteiger partial charge in [0.2, 0.25) is 0 Å². The van der Waals surface area contributed by atoms with Crippen LogP contribution < -0.4 is 15.4 Å². The van der Waals surface area contributed by atoms with Gasteiger partial charge in [0, 0.05) is 30.9 Å². The van der Waals surface area contributed by atoms with Gasteiger partial charge in [0.05, 0.1) is 17.3 Å². The number of benzene rings is 1. The van der Waals surface area contributed by atoms with Crippen molar-refractivity contribution in [1.82, 2.24) is 15.6 Å². The minimum Gasteiger partial charge on any atom is -0.494 e. The first-order chi connectivity index (χ1) is 12.7. The summed E-state index contributed by atoms with van der Waals surface area (Å²) in [6.45, 7) is 9.49. The van der Waals surface area contributed by atoms with Gasteiger partial charge in [0.25, 0.3) is 0 Å². The van der Waals surface area contributed by atoms with Crippen LogP contribution in [0.15, 0.2) is 35.3 Å². The van der Waals surface area contributed by atoms with Crippen molar-refractivity contribution in [1.29, 1.82) is 0 Å². The monoisotopic (exact) mass is 374 g/mol. The fourth-order valence-corrected chi connectivity index (χ4v) is 3.32. The summed E-state index contributed by atoms with van der Waals surface area (Å²) in [6.07, 6.45) is 2.93. The maximum absolute atomic E-state index is 5.70. The van der Waals surface area contributed by atoms with Gasteiger partial charge in [-0.3, -0.25) is 4.99 Å². The van der Waals surface area contributed by atoms with Gasteiger partial charge in [-0.15, -0.1) is 11.3 Å². The number of unbranched alkanes of at least 4 members (excludes halogenated alkanes) is 1. The molecule has 0 saturated carbocycles. The molecule has 0 unspecified atom stereocenters. The van der Waals surface area contributed by atoms with Crippen molar-refractivity contribution < 1.29 is 4.74 Å². The molecule has 0 aliphatic heterocycles. The Kier molecular flexibility index (Phi) is 8.96. The number of para-hydroxylation sites is 1. The Balaban J connectivity index is 1.63. The van der Waals surface area contributed by atoms with E-state index in [1.807, 2.05) is 30.3 Å². The van der Waals surface area contributed by atoms with Crippen molar-refractivity contribution in [2.75, 3.05) is 26.2 Å². The second-order valence-corrected chi connectivity index (χ2v) is 7.34. The van der Waals surface area contributed by atoms with Crippen LogP contribution in [0.1, 0.15) is 35.3 Å². The average Bonchev–Trinajstić information content (AvgIpc) is 2.96. The zero-order chi connectivity index (χ0) is 18.6. The summed E-state index contributed by atoms with van der Waals surface area (Å²) in [5, 5.41) is 7.86. The molecule has 0 atom stereocenters. The molecule has 6 heteroatoms. The van der Waals surface area contributed by atoms with E-state index in [2.05, 4.69) is 41.4 Å². The molecule has 0 bridgehead atoms. The van der Waals surface area contributed by atoms with Gasteiger partial charge in [-0.2, -0.15) is 0 Å². The molecule has 2 aromatic rings. The molecular formula is C20H30N4OS. The minimum absolute atomic E-state index is 0.728. The second kappa shape index (κ2) is 11.5. The van der Waals surface area contributed by atoms with Crippen LogP contribution in [-0.2, 0) is 6.42 Å². The Hall–Kier alpha value is -2.08. The van der Waals surface area contributed by atoms with Gasteiger partial charge in [-0.05, 0) is 45.7 Å². The molecule has 26 heavy (non-hydrogen) atoms. The normalized spacial score (nSPS) is 11.4. The van der Waals surface area contributed by atoms with Crippen LogP contribution in [0.25, 0.3) is 0 Å². The van der Waals surface area contributed by atoms with Gasteiger partial charge >= 0.3 is 0 Å². The van der Waals surface area contributed by atoms with Crippen LogP contribution in [0.5, 0.6) is 5.75 Å². The molecule has 0 saturated heterocycles. The van der Waals surface area contributed by atoms with Gasteiger partial charge < -0.3 is 15.4 Å². The first-order valence-electron chi connectivity index (χ1n) is 9.32. The van der Waals surface area contributed by atoms with E-state index in [-0.39, 0.29) is 0 Å². The highest BCUT2D eigenvalue weighted by molar-refractivity contribution is 7.11. The van der Waals surface area contributed by atoms with Gasteiger partial charge in [-0.1, -0.05) is 18.2 Å². The number of ether oxygens (including phenoxy) is 1. The Morgan fingerprint density at radius 3 is 2.65 bits per heavy atom. The fourth-order valence-electron chi connectivity index (χ4n) is 2.39. The molecule has 5 nitrogen and oxygen atoms in total. The van der Waals surface area contributed by atoms with Crippen LogP contribution in [0.3, 0.4) is 0 Å². The van der Waals surface area contributed by atoms with Crippen molar-refractivity contribution in [2.45, 2.75) is 40.0 Å². The lowest BCUT2D eigenvalue weighted by molar-refractivity contribution is 0.308. The number of nitrogens with one attached hydrogen (secondary N) is 2. The number of guanidine groups is 1. The standard InChI is InChI=1S/C20H30N4OS/c1-4-21-20(23-14-12-19-24-16(2)17(3)26-19)22-13-8-9-15-25-18-10-6-5-7-11-18/h5-7,10-11H,4,8-9,12-15H2,1-3H3,(H2,21,22,23). The highest BCUT2D eigenvalue weighted by atomic mass is 32.1. The van der Waals surface area contributed by atoms with Crippen molar-refractivity contribution in [3.8, 4) is 5.75 Å². The quantitative estimate of drug-likeness (QED) is 0.378. The lowest BCUT2D eigenvalue weighted by Crippen LogP contribution is -2.38. The number of hydrogen-bond donors (Lipinski definition) is 2. The topological polar surface area (TPSA) is 58.5 Å². The maximum Gasteiger partial charge on any atom is 0.191 e. The Bertz CT molecular complexity index is 650. The number of rotatable bonds is 10. The Morgan fingerprint density at radius 2 is 1.96 bits per heavy atom. The summed E-state index contributed by atoms with van der Waals surface area (Å²) in [4.78, 5) is 10.5. The Labute approximate surface area is 160 Å². The summed E-state index contributed by atoms with van der Waals surface area (Å²) in [6, 6.07) is 9.94. The minimum atomic E-state index is 0.728. The number of nitrogens with zero attached hydrogens (tertiary/aromatic N) is 2. The summed E-state index contributed by atoms with van der Waals surface area (Å²) in [5.74, 6) is 1.81. The summed E-state index contributed by atoms with van der Waals surface area (Å²) >= 11 is 1.78. The highest BCUT2D eigenvalue weighted by Gasteiger charge is 2.04. The van der Waals surface area contributed by atoms with Gasteiger partial charge in [0.1, 0.15) is 5.75 Å². The SMILES string of the molecule is CCNC(=NCCCCOc1ccccc1)NCCc1nc(C)c(C)s1. The predicted molar refractivity (Wildman–Crippen MR) is 110 cm³/mol. The van der Waals surface area contributed by atoms with E-state index in [4.69, 9.17) is 4.74 Å². The lowest BCUT2D eigenvalue weighted by atomic mass is 10.3. The van der Waals surface area contributed by atoms with Crippen LogP contribution in [0.2, 0.25) is 0 Å². The van der Waals surface area contributed by atoms with Crippen molar-refractivity contribution in [3.63, 3.8) is 0 Å². The first-order valence-corrected chi connectivity index (χ1v) is 10.1. The van der Waals surface area contributed by atoms with E-state index in [1.54, 1.807) is 11.3 Å². The number of aryl methyl sites for hydroxylation is 2. The highest BCUT2D eigenvalue weighted by Crippen LogP contribution is 2.16. The third-order valence-corrected chi connectivity index (χ3v) is 5.02. The van der Waals surface area contributed by atoms with E-state index in [0.29, 0.717) is 0 Å². The molecule has 2 rings (SSSR count). The molecule has 2 N–H and O–H groups in total. The van der Waals surface area contributed by atoms with Crippen LogP contribution in [0.4, 0.5) is 0 Å². The average molecular weight is 375 g/mol. The third kappa shape index (κ3) is 7.44. The smallest absolute Gasteiger partial charge is 0.191 e. The zero-order valence-electron chi connectivity index (χ0n) is 16.0. The van der Waals surface area contributed by atoms with Crippen LogP contribution in [-0.4, -0.2) is 37.2 Å². The maximum atomic E-state index is 5.70. The van der Waals surface area contributed by atoms with Gasteiger partial charge in [-0.25, -0.2) is 4.98 Å². The van der Waals surface area contributed by atoms with E-state index in [1.165, 1.54) is 9.88 Å². The summed E-state index contributed by atoms with van der Waals surface area (Å²) < 4.78 is 5.70. The summed E-state index contributed by atoms with van der Waals surface area (Å²) in [5.41, 5.74) is 1.14. The molecule has 1 heterocycles. The van der Waals surface area contributed by atoms with E-state index in [0.717, 1.165) is 62.9 Å². The van der Waals surface area contributed by atoms with Crippen molar-refractivity contribution in [3.05, 3.63) is 45.9 Å². The molecule has 0 aliphatic carbocycles. The Morgan fingerprint density at radius 1 is 1.15 bits per heavy atom. The van der Waals surface area contributed by atoms with Crippen molar-refractivity contribution in [2.24, 2.45) is 4.99 Å². The number of thiazole rings is 1. The van der Waals surface area contributed by atoms with Crippen LogP contribution in [0, 0.1) is 13.8 Å². The molecule has 0 amide bonds. The molecular weight excluding hydrogens is 344 g/mol. The number of aliphatic imine (C=N–C) groups is 1. The molecule has 1 aromatic heterocycles. The second-order valence-electron chi connectivity index (χ2n) is 6.06. The van der Waals surface area contributed by atoms with Crippen molar-refractivity contribution >= 4 is 17.3 Å². The molecule has 0 fully saturated rings. The first kappa shape index (κ1) is 20.2. The lowest BCUT2D eigenvalue weighted by Gasteiger charge is -2.10. The fraction of sp³-hybridized carbons (Fsp3) is 0.500. The van der Waals surface area contributed by atoms with E-state index in [9.17, 15) is 0 Å². The predicted octanol–water partition coefficient (Wildman–Crippen LogP) is 3.72. The molecule has 0 aliphatic rings. The largest absolute Gasteiger partial charge is 0.494 e. The summed E-state index contributed by atoms with van der Waals surface area (Å²) in [7, 11) is 0. The number of hydrogen-bond acceptors (Lipinski definition) is 4.